The van der Waals surface area contributed by atoms with Gasteiger partial charge in [-0.15, -0.1) is 0 Å². The van der Waals surface area contributed by atoms with Crippen molar-refractivity contribution < 1.29 is 19.4 Å². The molecular weight excluding hydrogens is 320 g/mol. The van der Waals surface area contributed by atoms with Crippen LogP contribution < -0.4 is 15.4 Å². The Balaban J connectivity index is 1.93. The monoisotopic (exact) mass is 340 g/mol. The van der Waals surface area contributed by atoms with Crippen LogP contribution in [0.1, 0.15) is 32.1 Å². The lowest BCUT2D eigenvalue weighted by molar-refractivity contribution is -0.141. The molecule has 1 saturated carbocycles. The fourth-order valence-electron chi connectivity index (χ4n) is 2.74. The number of amides is 1. The van der Waals surface area contributed by atoms with Crippen LogP contribution in [0, 0.1) is 0 Å². The summed E-state index contributed by atoms with van der Waals surface area (Å²) < 4.78 is 5.04. The molecule has 1 amide bonds. The van der Waals surface area contributed by atoms with Crippen molar-refractivity contribution in [2.24, 2.45) is 0 Å². The molecule has 0 saturated heterocycles. The molecule has 1 unspecified atom stereocenters. The highest BCUT2D eigenvalue weighted by atomic mass is 35.5. The molecule has 1 aliphatic rings. The summed E-state index contributed by atoms with van der Waals surface area (Å²) in [6, 6.07) is 4.16. The maximum absolute atomic E-state index is 12.1. The van der Waals surface area contributed by atoms with E-state index >= 15 is 0 Å². The van der Waals surface area contributed by atoms with Crippen LogP contribution in [-0.4, -0.2) is 36.2 Å². The molecule has 0 heterocycles. The van der Waals surface area contributed by atoms with Gasteiger partial charge in [-0.2, -0.15) is 0 Å². The zero-order chi connectivity index (χ0) is 16.8. The number of anilines is 1. The largest absolute Gasteiger partial charge is 0.495 e. The number of carboxylic acid groups (broad SMARTS) is 1. The van der Waals surface area contributed by atoms with E-state index in [0.717, 1.165) is 25.7 Å². The van der Waals surface area contributed by atoms with Crippen LogP contribution in [0.15, 0.2) is 18.2 Å². The number of methoxy groups -OCH3 is 1. The number of carbonyl (C=O) groups excluding carboxylic acids is 1. The molecule has 0 radical (unpaired) electrons. The Kier molecular flexibility index (Phi) is 6.24. The number of benzene rings is 1. The predicted molar refractivity (Wildman–Crippen MR) is 88.1 cm³/mol. The van der Waals surface area contributed by atoms with Gasteiger partial charge in [0.05, 0.1) is 18.6 Å². The Morgan fingerprint density at radius 3 is 2.65 bits per heavy atom. The Morgan fingerprint density at radius 1 is 1.39 bits per heavy atom. The first-order chi connectivity index (χ1) is 11.0. The summed E-state index contributed by atoms with van der Waals surface area (Å²) in [4.78, 5) is 23.4. The molecule has 0 aliphatic heterocycles. The van der Waals surface area contributed by atoms with Gasteiger partial charge < -0.3 is 20.5 Å². The number of rotatable bonds is 7. The van der Waals surface area contributed by atoms with Crippen molar-refractivity contribution in [3.63, 3.8) is 0 Å². The average Bonchev–Trinajstić information content (AvgIpc) is 2.99. The third-order valence-electron chi connectivity index (χ3n) is 3.92. The van der Waals surface area contributed by atoms with Gasteiger partial charge in [0.1, 0.15) is 11.8 Å². The van der Waals surface area contributed by atoms with Crippen molar-refractivity contribution in [2.75, 3.05) is 12.4 Å². The molecule has 0 aromatic heterocycles. The zero-order valence-corrected chi connectivity index (χ0v) is 13.7. The Hall–Kier alpha value is -1.79. The molecule has 2 rings (SSSR count). The fourth-order valence-corrected chi connectivity index (χ4v) is 2.99. The molecule has 0 spiro atoms. The third kappa shape index (κ3) is 5.11. The van der Waals surface area contributed by atoms with Crippen LogP contribution in [0.5, 0.6) is 5.75 Å². The summed E-state index contributed by atoms with van der Waals surface area (Å²) in [6.45, 7) is 0. The van der Waals surface area contributed by atoms with E-state index in [-0.39, 0.29) is 18.4 Å². The number of hydrogen-bond acceptors (Lipinski definition) is 4. The number of carboxylic acids is 1. The summed E-state index contributed by atoms with van der Waals surface area (Å²) in [6.07, 6.45) is 3.98. The molecule has 7 heteroatoms. The molecule has 1 aromatic rings. The van der Waals surface area contributed by atoms with Gasteiger partial charge >= 0.3 is 5.97 Å². The van der Waals surface area contributed by atoms with Gasteiger partial charge in [-0.05, 0) is 31.0 Å². The first-order valence-electron chi connectivity index (χ1n) is 7.62. The molecule has 1 aliphatic carbocycles. The maximum atomic E-state index is 12.1. The predicted octanol–water partition coefficient (Wildman–Crippen LogP) is 2.66. The van der Waals surface area contributed by atoms with E-state index in [2.05, 4.69) is 10.6 Å². The number of carbonyl (C=O) groups is 2. The van der Waals surface area contributed by atoms with E-state index in [9.17, 15) is 14.7 Å². The summed E-state index contributed by atoms with van der Waals surface area (Å²) in [7, 11) is 1.51. The molecule has 1 aromatic carbocycles. The van der Waals surface area contributed by atoms with Gasteiger partial charge in [0, 0.05) is 11.7 Å². The zero-order valence-electron chi connectivity index (χ0n) is 13.0. The van der Waals surface area contributed by atoms with Crippen molar-refractivity contribution >= 4 is 29.2 Å². The molecular formula is C16H21ClN2O4. The molecule has 23 heavy (non-hydrogen) atoms. The third-order valence-corrected chi connectivity index (χ3v) is 4.21. The number of ether oxygens (including phenoxy) is 1. The van der Waals surface area contributed by atoms with Crippen LogP contribution in [0.3, 0.4) is 0 Å². The number of aliphatic carboxylic acids is 1. The second-order valence-electron chi connectivity index (χ2n) is 5.64. The summed E-state index contributed by atoms with van der Waals surface area (Å²) in [5.41, 5.74) is 0.505. The first kappa shape index (κ1) is 17.6. The van der Waals surface area contributed by atoms with Gasteiger partial charge in [-0.25, -0.2) is 0 Å². The molecule has 3 N–H and O–H groups in total. The fraction of sp³-hybridized carbons (Fsp3) is 0.500. The molecule has 0 bridgehead atoms. The van der Waals surface area contributed by atoms with Crippen LogP contribution in [0.4, 0.5) is 5.69 Å². The summed E-state index contributed by atoms with van der Waals surface area (Å²) in [5.74, 6) is -0.875. The summed E-state index contributed by atoms with van der Waals surface area (Å²) >= 11 is 6.00. The Morgan fingerprint density at radius 2 is 2.09 bits per heavy atom. The van der Waals surface area contributed by atoms with Crippen molar-refractivity contribution in [1.29, 1.82) is 0 Å². The van der Waals surface area contributed by atoms with Crippen molar-refractivity contribution in [2.45, 2.75) is 44.2 Å². The second-order valence-corrected chi connectivity index (χ2v) is 6.05. The highest BCUT2D eigenvalue weighted by Gasteiger charge is 2.26. The van der Waals surface area contributed by atoms with Crippen LogP contribution in [0.2, 0.25) is 5.02 Å². The molecule has 1 fully saturated rings. The number of halogens is 1. The van der Waals surface area contributed by atoms with Gasteiger partial charge in [-0.3, -0.25) is 9.59 Å². The van der Waals surface area contributed by atoms with E-state index in [1.54, 1.807) is 18.2 Å². The van der Waals surface area contributed by atoms with Crippen molar-refractivity contribution in [3.05, 3.63) is 23.2 Å². The maximum Gasteiger partial charge on any atom is 0.321 e. The Labute approximate surface area is 140 Å². The minimum absolute atomic E-state index is 0.129. The van der Waals surface area contributed by atoms with E-state index < -0.39 is 12.0 Å². The van der Waals surface area contributed by atoms with E-state index in [1.165, 1.54) is 7.11 Å². The molecule has 126 valence electrons. The lowest BCUT2D eigenvalue weighted by atomic mass is 10.1. The van der Waals surface area contributed by atoms with Gasteiger partial charge in [0.15, 0.2) is 0 Å². The standard InChI is InChI=1S/C16H21ClN2O4/c1-23-14-7-6-11(8-12(14)17)19-15(20)9-13(16(21)22)18-10-4-2-3-5-10/h6-8,10,13,18H,2-5,9H2,1H3,(H,19,20)(H,21,22). The summed E-state index contributed by atoms with van der Waals surface area (Å²) in [5, 5.41) is 15.4. The highest BCUT2D eigenvalue weighted by Crippen LogP contribution is 2.27. The van der Waals surface area contributed by atoms with E-state index in [0.29, 0.717) is 16.5 Å². The lowest BCUT2D eigenvalue weighted by Gasteiger charge is -2.19. The minimum atomic E-state index is -1.01. The highest BCUT2D eigenvalue weighted by molar-refractivity contribution is 6.32. The topological polar surface area (TPSA) is 87.7 Å². The average molecular weight is 341 g/mol. The normalized spacial score (nSPS) is 16.1. The van der Waals surface area contributed by atoms with Gasteiger partial charge in [0.25, 0.3) is 0 Å². The van der Waals surface area contributed by atoms with Gasteiger partial charge in [0.2, 0.25) is 5.91 Å². The number of nitrogens with one attached hydrogen (secondary N) is 2. The second kappa shape index (κ2) is 8.17. The van der Waals surface area contributed by atoms with Gasteiger partial charge in [-0.1, -0.05) is 24.4 Å². The SMILES string of the molecule is COc1ccc(NC(=O)CC(NC2CCCC2)C(=O)O)cc1Cl. The van der Waals surface area contributed by atoms with Crippen molar-refractivity contribution in [1.82, 2.24) is 5.32 Å². The van der Waals surface area contributed by atoms with E-state index in [1.807, 2.05) is 0 Å². The minimum Gasteiger partial charge on any atom is -0.495 e. The quantitative estimate of drug-likeness (QED) is 0.710. The lowest BCUT2D eigenvalue weighted by Crippen LogP contribution is -2.44. The Bertz CT molecular complexity index is 573. The van der Waals surface area contributed by atoms with Crippen LogP contribution in [0.25, 0.3) is 0 Å². The van der Waals surface area contributed by atoms with E-state index in [4.69, 9.17) is 16.3 Å². The number of hydrogen-bond donors (Lipinski definition) is 3. The van der Waals surface area contributed by atoms with Crippen molar-refractivity contribution in [3.8, 4) is 5.75 Å². The van der Waals surface area contributed by atoms with Crippen LogP contribution in [-0.2, 0) is 9.59 Å². The smallest absolute Gasteiger partial charge is 0.321 e. The first-order valence-corrected chi connectivity index (χ1v) is 7.99. The van der Waals surface area contributed by atoms with Crippen LogP contribution >= 0.6 is 11.6 Å². The molecule has 1 atom stereocenters. The molecule has 6 nitrogen and oxygen atoms in total.